The van der Waals surface area contributed by atoms with Crippen molar-refractivity contribution in [3.8, 4) is 0 Å². The molecule has 0 radical (unpaired) electrons. The van der Waals surface area contributed by atoms with E-state index >= 15 is 0 Å². The lowest BCUT2D eigenvalue weighted by atomic mass is 9.97. The predicted molar refractivity (Wildman–Crippen MR) is 64.4 cm³/mol. The van der Waals surface area contributed by atoms with Gasteiger partial charge in [0.15, 0.2) is 6.21 Å². The number of benzene rings is 1. The first-order valence-corrected chi connectivity index (χ1v) is 5.03. The number of nitrogens with zero attached hydrogens (tertiary/aromatic N) is 1. The quantitative estimate of drug-likeness (QED) is 0.312. The molecular weight excluding hydrogens is 186 g/mol. The number of allylic oxidation sites excluding steroid dienone is 2. The summed E-state index contributed by atoms with van der Waals surface area (Å²) < 4.78 is 0.863. The van der Waals surface area contributed by atoms with Crippen LogP contribution in [-0.2, 0) is 0 Å². The minimum atomic E-state index is 0.105. The highest BCUT2D eigenvalue weighted by Crippen LogP contribution is 2.14. The lowest BCUT2D eigenvalue weighted by Gasteiger charge is -2.09. The van der Waals surface area contributed by atoms with Crippen LogP contribution in [0.4, 0.5) is 5.69 Å². The van der Waals surface area contributed by atoms with Gasteiger partial charge >= 0.3 is 0 Å². The monoisotopic (exact) mass is 203 g/mol. The molecule has 0 N–H and O–H groups in total. The summed E-state index contributed by atoms with van der Waals surface area (Å²) in [7, 11) is 0. The summed E-state index contributed by atoms with van der Waals surface area (Å²) in [4.78, 5) is 0. The van der Waals surface area contributed by atoms with E-state index in [-0.39, 0.29) is 5.41 Å². The Bertz CT molecular complexity index is 358. The van der Waals surface area contributed by atoms with Gasteiger partial charge in [-0.2, -0.15) is 4.74 Å². The molecule has 0 amide bonds. The Balaban J connectivity index is 2.74. The third kappa shape index (κ3) is 4.45. The van der Waals surface area contributed by atoms with Crippen LogP contribution in [0.1, 0.15) is 20.8 Å². The van der Waals surface area contributed by atoms with Crippen LogP contribution in [0.3, 0.4) is 0 Å². The number of hydrogen-bond acceptors (Lipinski definition) is 1. The van der Waals surface area contributed by atoms with Gasteiger partial charge in [-0.15, -0.1) is 0 Å². The lowest BCUT2D eigenvalue weighted by molar-refractivity contribution is -0.354. The molecule has 80 valence electrons. The van der Waals surface area contributed by atoms with Gasteiger partial charge in [0.25, 0.3) is 0 Å². The Hall–Kier alpha value is -1.57. The van der Waals surface area contributed by atoms with Gasteiger partial charge in [-0.1, -0.05) is 45.0 Å². The summed E-state index contributed by atoms with van der Waals surface area (Å²) in [5.74, 6) is 0. The van der Waals surface area contributed by atoms with E-state index in [0.29, 0.717) is 5.69 Å². The van der Waals surface area contributed by atoms with Crippen LogP contribution in [0, 0.1) is 10.6 Å². The van der Waals surface area contributed by atoms with Gasteiger partial charge in [-0.05, 0) is 11.5 Å². The van der Waals surface area contributed by atoms with Crippen LogP contribution in [0.25, 0.3) is 0 Å². The summed E-state index contributed by atoms with van der Waals surface area (Å²) in [6.45, 7) is 6.28. The van der Waals surface area contributed by atoms with Crippen LogP contribution in [-0.4, -0.2) is 11.0 Å². The summed E-state index contributed by atoms with van der Waals surface area (Å²) in [5, 5.41) is 11.5. The van der Waals surface area contributed by atoms with Crippen LogP contribution >= 0.6 is 0 Å². The van der Waals surface area contributed by atoms with Crippen molar-refractivity contribution in [3.05, 3.63) is 47.7 Å². The summed E-state index contributed by atoms with van der Waals surface area (Å²) in [6.07, 6.45) is 5.32. The normalized spacial score (nSPS) is 13.4. The van der Waals surface area contributed by atoms with Gasteiger partial charge in [-0.25, -0.2) is 0 Å². The second kappa shape index (κ2) is 4.78. The molecule has 0 saturated heterocycles. The summed E-state index contributed by atoms with van der Waals surface area (Å²) in [6, 6.07) is 9.16. The molecular formula is C13H17NO. The van der Waals surface area contributed by atoms with E-state index in [1.807, 2.05) is 24.3 Å². The molecule has 0 aliphatic rings. The van der Waals surface area contributed by atoms with Crippen molar-refractivity contribution in [3.63, 3.8) is 0 Å². The molecule has 1 aromatic rings. The molecule has 2 nitrogen and oxygen atoms in total. The van der Waals surface area contributed by atoms with Crippen LogP contribution in [0.2, 0.25) is 0 Å². The summed E-state index contributed by atoms with van der Waals surface area (Å²) in [5.41, 5.74) is 0.754. The molecule has 0 atom stereocenters. The van der Waals surface area contributed by atoms with Gasteiger partial charge < -0.3 is 5.21 Å². The molecule has 0 aliphatic heterocycles. The fourth-order valence-corrected chi connectivity index (χ4v) is 1.07. The van der Waals surface area contributed by atoms with E-state index in [1.165, 1.54) is 6.21 Å². The van der Waals surface area contributed by atoms with Crippen molar-refractivity contribution in [2.75, 3.05) is 0 Å². The zero-order chi connectivity index (χ0) is 11.3. The Morgan fingerprint density at radius 1 is 1.13 bits per heavy atom. The van der Waals surface area contributed by atoms with Gasteiger partial charge in [0.2, 0.25) is 5.69 Å². The maximum Gasteiger partial charge on any atom is 0.216 e. The predicted octanol–water partition coefficient (Wildman–Crippen LogP) is 3.50. The lowest BCUT2D eigenvalue weighted by Crippen LogP contribution is -2.00. The molecule has 0 spiro atoms. The standard InChI is InChI=1S/C13H17NO/c1-13(2,3)10-7-11-14(15)12-8-5-4-6-9-12/h4-11H,1-3H3/b10-7+,14-11?. The molecule has 0 aliphatic carbocycles. The van der Waals surface area contributed by atoms with E-state index in [9.17, 15) is 5.21 Å². The molecule has 0 heterocycles. The Labute approximate surface area is 91.1 Å². The highest BCUT2D eigenvalue weighted by atomic mass is 16.5. The van der Waals surface area contributed by atoms with Crippen LogP contribution in [0.15, 0.2) is 42.5 Å². The first-order chi connectivity index (χ1) is 6.99. The van der Waals surface area contributed by atoms with Crippen molar-refractivity contribution in [2.24, 2.45) is 5.41 Å². The largest absolute Gasteiger partial charge is 0.618 e. The van der Waals surface area contributed by atoms with Gasteiger partial charge in [0.1, 0.15) is 0 Å². The smallest absolute Gasteiger partial charge is 0.216 e. The highest BCUT2D eigenvalue weighted by Gasteiger charge is 2.03. The fourth-order valence-electron chi connectivity index (χ4n) is 1.07. The average Bonchev–Trinajstić information content (AvgIpc) is 2.17. The Morgan fingerprint density at radius 3 is 2.27 bits per heavy atom. The van der Waals surface area contributed by atoms with E-state index in [0.717, 1.165) is 4.74 Å². The topological polar surface area (TPSA) is 26.1 Å². The van der Waals surface area contributed by atoms with E-state index < -0.39 is 0 Å². The molecule has 0 aromatic heterocycles. The first-order valence-electron chi connectivity index (χ1n) is 5.03. The third-order valence-electron chi connectivity index (χ3n) is 1.83. The van der Waals surface area contributed by atoms with Crippen LogP contribution in [0.5, 0.6) is 0 Å². The molecule has 0 unspecified atom stereocenters. The second-order valence-corrected chi connectivity index (χ2v) is 4.54. The zero-order valence-electron chi connectivity index (χ0n) is 9.47. The van der Waals surface area contributed by atoms with Gasteiger partial charge in [-0.3, -0.25) is 0 Å². The Kier molecular flexibility index (Phi) is 3.67. The average molecular weight is 203 g/mol. The summed E-state index contributed by atoms with van der Waals surface area (Å²) >= 11 is 0. The van der Waals surface area contributed by atoms with Crippen LogP contribution < -0.4 is 0 Å². The van der Waals surface area contributed by atoms with Crippen molar-refractivity contribution in [2.45, 2.75) is 20.8 Å². The second-order valence-electron chi connectivity index (χ2n) is 4.54. The number of hydrogen-bond donors (Lipinski definition) is 0. The molecule has 1 aromatic carbocycles. The molecule has 15 heavy (non-hydrogen) atoms. The van der Waals surface area contributed by atoms with Gasteiger partial charge in [0.05, 0.1) is 0 Å². The molecule has 0 saturated carbocycles. The van der Waals surface area contributed by atoms with Crippen molar-refractivity contribution in [1.29, 1.82) is 0 Å². The molecule has 0 bridgehead atoms. The molecule has 1 rings (SSSR count). The molecule has 0 fully saturated rings. The van der Waals surface area contributed by atoms with E-state index in [2.05, 4.69) is 20.8 Å². The number of para-hydroxylation sites is 1. The van der Waals surface area contributed by atoms with Crippen molar-refractivity contribution < 1.29 is 4.74 Å². The zero-order valence-corrected chi connectivity index (χ0v) is 9.47. The maximum absolute atomic E-state index is 11.5. The first kappa shape index (κ1) is 11.5. The SMILES string of the molecule is CC(C)(C)/C=C/C=[N+]([O-])c1ccccc1. The minimum absolute atomic E-state index is 0.105. The molecule has 2 heteroatoms. The van der Waals surface area contributed by atoms with Crippen molar-refractivity contribution in [1.82, 2.24) is 0 Å². The fraction of sp³-hybridized carbons (Fsp3) is 0.308. The highest BCUT2D eigenvalue weighted by molar-refractivity contribution is 5.67. The van der Waals surface area contributed by atoms with E-state index in [1.54, 1.807) is 18.2 Å². The van der Waals surface area contributed by atoms with E-state index in [4.69, 9.17) is 0 Å². The maximum atomic E-state index is 11.5. The minimum Gasteiger partial charge on any atom is -0.618 e. The Morgan fingerprint density at radius 2 is 1.73 bits per heavy atom. The van der Waals surface area contributed by atoms with Crippen molar-refractivity contribution >= 4 is 11.9 Å². The number of rotatable bonds is 2. The third-order valence-corrected chi connectivity index (χ3v) is 1.83. The van der Waals surface area contributed by atoms with Gasteiger partial charge in [0, 0.05) is 12.1 Å².